The van der Waals surface area contributed by atoms with Gasteiger partial charge in [-0.25, -0.2) is 0 Å². The van der Waals surface area contributed by atoms with Gasteiger partial charge < -0.3 is 0 Å². The Morgan fingerprint density at radius 2 is 0.667 bits per heavy atom. The van der Waals surface area contributed by atoms with Gasteiger partial charge in [-0.2, -0.15) is 0 Å². The molecule has 0 aromatic rings. The van der Waals surface area contributed by atoms with E-state index >= 15 is 0 Å². The van der Waals surface area contributed by atoms with Gasteiger partial charge in [-0.15, -0.1) is 0 Å². The third-order valence-electron chi connectivity index (χ3n) is 6.88. The quantitative estimate of drug-likeness (QED) is 0.403. The molecule has 1 heteroatoms. The molecule has 2 aliphatic carbocycles. The first kappa shape index (κ1) is 17.2. The van der Waals surface area contributed by atoms with Crippen LogP contribution in [-0.4, -0.2) is 24.2 Å². The van der Waals surface area contributed by atoms with Gasteiger partial charge in [0.2, 0.25) is 0 Å². The molecule has 0 N–H and O–H groups in total. The number of rotatable bonds is 2. The Hall–Kier alpha value is -0.118. The second-order valence-corrected chi connectivity index (χ2v) is 16.1. The summed E-state index contributed by atoms with van der Waals surface area (Å²) in [5, 5.41) is 0. The molecule has 0 aliphatic heterocycles. The monoisotopic (exact) mass is 478 g/mol. The molecule has 0 atom stereocenters. The van der Waals surface area contributed by atoms with Crippen molar-refractivity contribution in [2.24, 2.45) is 0 Å². The molecular formula is C20H30Pb. The number of hydrogen-bond donors (Lipinski definition) is 0. The molecule has 0 fully saturated rings. The van der Waals surface area contributed by atoms with Crippen LogP contribution in [0, 0.1) is 0 Å². The van der Waals surface area contributed by atoms with E-state index in [0.29, 0.717) is 5.95 Å². The van der Waals surface area contributed by atoms with Crippen LogP contribution in [0.4, 0.5) is 0 Å². The van der Waals surface area contributed by atoms with Crippen molar-refractivity contribution < 1.29 is 0 Å². The molecule has 0 saturated carbocycles. The Labute approximate surface area is 143 Å². The van der Waals surface area contributed by atoms with Crippen LogP contribution in [0.15, 0.2) is 44.6 Å². The zero-order valence-corrected chi connectivity index (χ0v) is 19.4. The van der Waals surface area contributed by atoms with Crippen LogP contribution < -0.4 is 0 Å². The summed E-state index contributed by atoms with van der Waals surface area (Å²) in [5.41, 5.74) is 12.9. The van der Waals surface area contributed by atoms with Gasteiger partial charge in [0.15, 0.2) is 0 Å². The van der Waals surface area contributed by atoms with Gasteiger partial charge in [0, 0.05) is 0 Å². The predicted octanol–water partition coefficient (Wildman–Crippen LogP) is 6.42. The van der Waals surface area contributed by atoms with Crippen LogP contribution in [0.1, 0.15) is 69.2 Å². The molecule has 0 bridgehead atoms. The molecule has 0 heterocycles. The Balaban J connectivity index is 2.54. The second-order valence-electron chi connectivity index (χ2n) is 7.38. The normalized spacial score (nSPS) is 24.9. The Morgan fingerprint density at radius 1 is 0.476 bits per heavy atom. The van der Waals surface area contributed by atoms with E-state index < -0.39 is 24.2 Å². The fourth-order valence-electron chi connectivity index (χ4n) is 4.06. The summed E-state index contributed by atoms with van der Waals surface area (Å²) in [5.74, 6) is 0. The molecule has 2 aliphatic rings. The van der Waals surface area contributed by atoms with Gasteiger partial charge in [0.05, 0.1) is 0 Å². The van der Waals surface area contributed by atoms with Crippen LogP contribution in [0.3, 0.4) is 0 Å². The summed E-state index contributed by atoms with van der Waals surface area (Å²) >= 11 is -1.01. The van der Waals surface area contributed by atoms with Crippen molar-refractivity contribution in [2.75, 3.05) is 0 Å². The maximum absolute atomic E-state index is 2.54. The Bertz CT molecular complexity index is 531. The molecule has 21 heavy (non-hydrogen) atoms. The van der Waals surface area contributed by atoms with E-state index in [1.807, 2.05) is 0 Å². The van der Waals surface area contributed by atoms with E-state index in [0.717, 1.165) is 0 Å². The topological polar surface area (TPSA) is 0 Å². The van der Waals surface area contributed by atoms with Gasteiger partial charge in [0.1, 0.15) is 0 Å². The molecule has 2 rings (SSSR count). The van der Waals surface area contributed by atoms with Crippen LogP contribution in [0.5, 0.6) is 0 Å². The first-order valence-corrected chi connectivity index (χ1v) is 11.9. The number of hydrogen-bond acceptors (Lipinski definition) is 0. The first-order chi connectivity index (χ1) is 9.48. The summed E-state index contributed by atoms with van der Waals surface area (Å²) in [6.45, 7) is 23.9. The summed E-state index contributed by atoms with van der Waals surface area (Å²) in [4.78, 5) is 0. The van der Waals surface area contributed by atoms with E-state index in [1.54, 1.807) is 44.6 Å². The van der Waals surface area contributed by atoms with Crippen molar-refractivity contribution in [3.63, 3.8) is 0 Å². The van der Waals surface area contributed by atoms with Crippen molar-refractivity contribution in [3.8, 4) is 0 Å². The summed E-state index contributed by atoms with van der Waals surface area (Å²) < 4.78 is 0.798. The average Bonchev–Trinajstić information content (AvgIpc) is 2.67. The van der Waals surface area contributed by atoms with Crippen LogP contribution in [-0.2, 0) is 0 Å². The van der Waals surface area contributed by atoms with Gasteiger partial charge in [0.25, 0.3) is 0 Å². The van der Waals surface area contributed by atoms with E-state index in [2.05, 4.69) is 69.2 Å². The summed E-state index contributed by atoms with van der Waals surface area (Å²) in [7, 11) is 0. The van der Waals surface area contributed by atoms with Crippen molar-refractivity contribution in [2.45, 2.75) is 75.2 Å². The molecule has 2 radical (unpaired) electrons. The summed E-state index contributed by atoms with van der Waals surface area (Å²) in [6.07, 6.45) is 0. The molecular weight excluding hydrogens is 447 g/mol. The predicted molar refractivity (Wildman–Crippen MR) is 96.0 cm³/mol. The third kappa shape index (κ3) is 2.19. The SMILES string of the molecule is CC1=C(C)[C](C)([Pb][C]2(C)C(C)=C(C)C(C)=C2C)C(C)=C1C. The van der Waals surface area contributed by atoms with Crippen LogP contribution >= 0.6 is 0 Å². The molecule has 0 aromatic heterocycles. The molecule has 0 spiro atoms. The second kappa shape index (κ2) is 5.21. The van der Waals surface area contributed by atoms with E-state index in [4.69, 9.17) is 0 Å². The van der Waals surface area contributed by atoms with Crippen LogP contribution in [0.2, 0.25) is 5.95 Å². The zero-order valence-electron chi connectivity index (χ0n) is 15.5. The minimum atomic E-state index is -1.01. The van der Waals surface area contributed by atoms with Crippen molar-refractivity contribution in [3.05, 3.63) is 44.6 Å². The molecule has 0 saturated heterocycles. The van der Waals surface area contributed by atoms with Crippen LogP contribution in [0.25, 0.3) is 0 Å². The fourth-order valence-corrected chi connectivity index (χ4v) is 13.8. The standard InChI is InChI=1S/2C10H15.Pb/c2*1-6-7(2)9(4)10(5)8(6)3;/h2*1-5H3;. The molecule has 0 nitrogen and oxygen atoms in total. The van der Waals surface area contributed by atoms with Gasteiger partial charge in [-0.1, -0.05) is 0 Å². The minimum absolute atomic E-state index is 0.399. The first-order valence-electron chi connectivity index (χ1n) is 8.00. The summed E-state index contributed by atoms with van der Waals surface area (Å²) in [6, 6.07) is 0. The Kier molecular flexibility index (Phi) is 4.28. The molecule has 114 valence electrons. The average molecular weight is 478 g/mol. The molecule has 0 unspecified atom stereocenters. The van der Waals surface area contributed by atoms with Crippen molar-refractivity contribution in [1.29, 1.82) is 0 Å². The van der Waals surface area contributed by atoms with Gasteiger partial charge in [-0.3, -0.25) is 0 Å². The van der Waals surface area contributed by atoms with E-state index in [-0.39, 0.29) is 0 Å². The fraction of sp³-hybridized carbons (Fsp3) is 0.600. The number of allylic oxidation sites excluding steroid dienone is 8. The van der Waals surface area contributed by atoms with Crippen molar-refractivity contribution in [1.82, 2.24) is 0 Å². The van der Waals surface area contributed by atoms with Crippen molar-refractivity contribution >= 4 is 24.2 Å². The van der Waals surface area contributed by atoms with Gasteiger partial charge >= 0.3 is 144 Å². The Morgan fingerprint density at radius 3 is 0.857 bits per heavy atom. The third-order valence-corrected chi connectivity index (χ3v) is 16.6. The molecule has 0 amide bonds. The van der Waals surface area contributed by atoms with E-state index in [1.165, 1.54) is 0 Å². The van der Waals surface area contributed by atoms with Gasteiger partial charge in [-0.05, 0) is 0 Å². The maximum atomic E-state index is 2.54. The van der Waals surface area contributed by atoms with E-state index in [9.17, 15) is 0 Å². The zero-order chi connectivity index (χ0) is 16.3. The molecule has 0 aromatic carbocycles.